The molecule has 0 spiro atoms. The van der Waals surface area contributed by atoms with Crippen LogP contribution in [0.15, 0.2) is 79.3 Å². The number of hydrogen-bond donors (Lipinski definition) is 4. The summed E-state index contributed by atoms with van der Waals surface area (Å²) in [6, 6.07) is 13.7. The van der Waals surface area contributed by atoms with Gasteiger partial charge >= 0.3 is 6.18 Å². The summed E-state index contributed by atoms with van der Waals surface area (Å²) in [5.74, 6) is -0.673. The summed E-state index contributed by atoms with van der Waals surface area (Å²) < 4.78 is 38.9. The van der Waals surface area contributed by atoms with Gasteiger partial charge in [-0.15, -0.1) is 0 Å². The number of nitrogens with one attached hydrogen (secondary N) is 3. The summed E-state index contributed by atoms with van der Waals surface area (Å²) >= 11 is 0. The Morgan fingerprint density at radius 1 is 1.00 bits per heavy atom. The number of carbonyl (C=O) groups excluding carboxylic acids is 1. The molecule has 3 heterocycles. The maximum atomic E-state index is 13.0. The Morgan fingerprint density at radius 3 is 2.64 bits per heavy atom. The SMILES string of the molecule is O=C(Nc1cccc(C(F)(F)F)c1)c1ccc(O)c(Nc2nc(-c3cccnc3)c3[nH]ccc3n2)c1. The fourth-order valence-corrected chi connectivity index (χ4v) is 3.59. The van der Waals surface area contributed by atoms with Gasteiger partial charge in [0, 0.05) is 35.4 Å². The van der Waals surface area contributed by atoms with Crippen molar-refractivity contribution in [1.29, 1.82) is 0 Å². The first kappa shape index (κ1) is 22.8. The maximum absolute atomic E-state index is 13.0. The van der Waals surface area contributed by atoms with Gasteiger partial charge in [0.15, 0.2) is 0 Å². The second kappa shape index (κ2) is 9.02. The molecule has 3 aromatic heterocycles. The van der Waals surface area contributed by atoms with Crippen LogP contribution >= 0.6 is 0 Å². The lowest BCUT2D eigenvalue weighted by molar-refractivity contribution is -0.137. The predicted octanol–water partition coefficient (Wildman–Crippen LogP) is 5.74. The van der Waals surface area contributed by atoms with Crippen LogP contribution in [0.1, 0.15) is 15.9 Å². The van der Waals surface area contributed by atoms with E-state index in [9.17, 15) is 23.1 Å². The van der Waals surface area contributed by atoms with Crippen LogP contribution < -0.4 is 10.6 Å². The van der Waals surface area contributed by atoms with Crippen LogP contribution in [0.3, 0.4) is 0 Å². The van der Waals surface area contributed by atoms with Crippen molar-refractivity contribution in [3.63, 3.8) is 0 Å². The molecule has 5 rings (SSSR count). The zero-order valence-electron chi connectivity index (χ0n) is 18.3. The average Bonchev–Trinajstić information content (AvgIpc) is 3.34. The Hall–Kier alpha value is -4.93. The van der Waals surface area contributed by atoms with Crippen molar-refractivity contribution in [1.82, 2.24) is 19.9 Å². The molecule has 0 bridgehead atoms. The molecule has 2 aromatic carbocycles. The Bertz CT molecular complexity index is 1570. The Labute approximate surface area is 201 Å². The van der Waals surface area contributed by atoms with Gasteiger partial charge in [-0.3, -0.25) is 9.78 Å². The summed E-state index contributed by atoms with van der Waals surface area (Å²) in [4.78, 5) is 28.9. The second-order valence-electron chi connectivity index (χ2n) is 7.77. The fraction of sp³-hybridized carbons (Fsp3) is 0.0400. The smallest absolute Gasteiger partial charge is 0.416 e. The first-order valence-corrected chi connectivity index (χ1v) is 10.6. The number of pyridine rings is 1. The topological polar surface area (TPSA) is 116 Å². The number of aromatic nitrogens is 4. The van der Waals surface area contributed by atoms with Gasteiger partial charge in [0.2, 0.25) is 5.95 Å². The number of anilines is 3. The quantitative estimate of drug-likeness (QED) is 0.234. The molecule has 0 aliphatic rings. The van der Waals surface area contributed by atoms with Crippen molar-refractivity contribution >= 4 is 34.3 Å². The van der Waals surface area contributed by atoms with Crippen LogP contribution in [0.5, 0.6) is 5.75 Å². The van der Waals surface area contributed by atoms with Crippen molar-refractivity contribution in [3.8, 4) is 17.0 Å². The Kier molecular flexibility index (Phi) is 5.72. The van der Waals surface area contributed by atoms with Crippen LogP contribution in [-0.2, 0) is 6.18 Å². The maximum Gasteiger partial charge on any atom is 0.416 e. The molecule has 0 saturated carbocycles. The molecule has 180 valence electrons. The number of nitrogens with zero attached hydrogens (tertiary/aromatic N) is 3. The summed E-state index contributed by atoms with van der Waals surface area (Å²) in [6.45, 7) is 0. The summed E-state index contributed by atoms with van der Waals surface area (Å²) in [5.41, 5.74) is 1.99. The lowest BCUT2D eigenvalue weighted by Gasteiger charge is -2.12. The minimum absolute atomic E-state index is 0.0141. The van der Waals surface area contributed by atoms with Crippen LogP contribution in [0.2, 0.25) is 0 Å². The lowest BCUT2D eigenvalue weighted by Crippen LogP contribution is -2.13. The van der Waals surface area contributed by atoms with E-state index in [4.69, 9.17) is 0 Å². The van der Waals surface area contributed by atoms with Crippen LogP contribution in [0.25, 0.3) is 22.3 Å². The number of halogens is 3. The highest BCUT2D eigenvalue weighted by Crippen LogP contribution is 2.32. The molecule has 0 saturated heterocycles. The van der Waals surface area contributed by atoms with E-state index < -0.39 is 17.6 Å². The highest BCUT2D eigenvalue weighted by molar-refractivity contribution is 6.05. The van der Waals surface area contributed by atoms with E-state index in [1.807, 2.05) is 6.07 Å². The number of fused-ring (bicyclic) bond motifs is 1. The largest absolute Gasteiger partial charge is 0.506 e. The van der Waals surface area contributed by atoms with Gasteiger partial charge in [-0.25, -0.2) is 9.97 Å². The normalized spacial score (nSPS) is 11.4. The standard InChI is InChI=1S/C25H17F3N6O2/c26-25(27,28)16-4-1-5-17(12-16)31-23(36)14-6-7-20(35)19(11-14)33-24-32-18-8-10-30-22(18)21(34-24)15-3-2-9-29-13-15/h1-13,30,35H,(H,31,36)(H,32,33,34). The average molecular weight is 490 g/mol. The monoisotopic (exact) mass is 490 g/mol. The Balaban J connectivity index is 1.43. The van der Waals surface area contributed by atoms with Gasteiger partial charge in [-0.2, -0.15) is 13.2 Å². The summed E-state index contributed by atoms with van der Waals surface area (Å²) in [7, 11) is 0. The molecular weight excluding hydrogens is 473 g/mol. The second-order valence-corrected chi connectivity index (χ2v) is 7.77. The van der Waals surface area contributed by atoms with Gasteiger partial charge in [-0.05, 0) is 54.6 Å². The zero-order chi connectivity index (χ0) is 25.3. The number of phenols is 1. The molecule has 1 amide bonds. The molecular formula is C25H17F3N6O2. The number of hydrogen-bond acceptors (Lipinski definition) is 6. The first-order valence-electron chi connectivity index (χ1n) is 10.6. The van der Waals surface area contributed by atoms with E-state index in [-0.39, 0.29) is 28.6 Å². The molecule has 0 atom stereocenters. The first-order chi connectivity index (χ1) is 17.3. The molecule has 4 N–H and O–H groups in total. The van der Waals surface area contributed by atoms with Crippen molar-refractivity contribution < 1.29 is 23.1 Å². The number of H-pyrrole nitrogens is 1. The third-order valence-electron chi connectivity index (χ3n) is 5.29. The van der Waals surface area contributed by atoms with E-state index >= 15 is 0 Å². The van der Waals surface area contributed by atoms with Gasteiger partial charge in [0.1, 0.15) is 11.4 Å². The molecule has 0 radical (unpaired) electrons. The number of aromatic amines is 1. The van der Waals surface area contributed by atoms with E-state index in [2.05, 4.69) is 30.6 Å². The van der Waals surface area contributed by atoms with E-state index in [0.29, 0.717) is 16.7 Å². The van der Waals surface area contributed by atoms with E-state index in [1.54, 1.807) is 30.7 Å². The molecule has 0 fully saturated rings. The predicted molar refractivity (Wildman–Crippen MR) is 128 cm³/mol. The van der Waals surface area contributed by atoms with E-state index in [0.717, 1.165) is 17.7 Å². The third kappa shape index (κ3) is 4.67. The molecule has 8 nitrogen and oxygen atoms in total. The molecule has 0 unspecified atom stereocenters. The van der Waals surface area contributed by atoms with Crippen LogP contribution in [0, 0.1) is 0 Å². The lowest BCUT2D eigenvalue weighted by atomic mass is 10.1. The van der Waals surface area contributed by atoms with Gasteiger partial charge in [0.05, 0.1) is 22.3 Å². The van der Waals surface area contributed by atoms with Crippen molar-refractivity contribution in [2.45, 2.75) is 6.18 Å². The number of carbonyl (C=O) groups is 1. The molecule has 11 heteroatoms. The zero-order valence-corrected chi connectivity index (χ0v) is 18.3. The third-order valence-corrected chi connectivity index (χ3v) is 5.29. The van der Waals surface area contributed by atoms with Crippen molar-refractivity contribution in [3.05, 3.63) is 90.4 Å². The molecule has 0 aliphatic carbocycles. The molecule has 36 heavy (non-hydrogen) atoms. The van der Waals surface area contributed by atoms with E-state index in [1.165, 1.54) is 30.3 Å². The summed E-state index contributed by atoms with van der Waals surface area (Å²) in [6.07, 6.45) is 0.483. The molecule has 5 aromatic rings. The van der Waals surface area contributed by atoms with Crippen molar-refractivity contribution in [2.24, 2.45) is 0 Å². The number of amides is 1. The number of rotatable bonds is 5. The molecule has 0 aliphatic heterocycles. The Morgan fingerprint density at radius 2 is 1.86 bits per heavy atom. The minimum atomic E-state index is -4.54. The van der Waals surface area contributed by atoms with Crippen LogP contribution in [0.4, 0.5) is 30.5 Å². The van der Waals surface area contributed by atoms with Gasteiger partial charge in [-0.1, -0.05) is 6.07 Å². The van der Waals surface area contributed by atoms with Gasteiger partial charge in [0.25, 0.3) is 5.91 Å². The number of alkyl halides is 3. The number of phenolic OH excluding ortho intramolecular Hbond substituents is 1. The van der Waals surface area contributed by atoms with Crippen LogP contribution in [-0.4, -0.2) is 30.9 Å². The summed E-state index contributed by atoms with van der Waals surface area (Å²) in [5, 5.41) is 15.7. The highest BCUT2D eigenvalue weighted by atomic mass is 19.4. The fourth-order valence-electron chi connectivity index (χ4n) is 3.59. The van der Waals surface area contributed by atoms with Gasteiger partial charge < -0.3 is 20.7 Å². The number of benzene rings is 2. The highest BCUT2D eigenvalue weighted by Gasteiger charge is 2.30. The minimum Gasteiger partial charge on any atom is -0.506 e. The number of aromatic hydroxyl groups is 1. The van der Waals surface area contributed by atoms with Crippen molar-refractivity contribution in [2.75, 3.05) is 10.6 Å².